The summed E-state index contributed by atoms with van der Waals surface area (Å²) in [5.41, 5.74) is 2.15. The Balaban J connectivity index is 1.38. The predicted molar refractivity (Wildman–Crippen MR) is 99.0 cm³/mol. The number of likely N-dealkylation sites (tertiary alicyclic amines) is 1. The van der Waals surface area contributed by atoms with Crippen molar-refractivity contribution >= 4 is 28.2 Å². The minimum Gasteiger partial charge on any atom is -0.302 e. The van der Waals surface area contributed by atoms with Crippen LogP contribution in [0, 0.1) is 12.8 Å². The summed E-state index contributed by atoms with van der Waals surface area (Å²) in [4.78, 5) is 27.6. The molecule has 8 nitrogen and oxygen atoms in total. The zero-order valence-corrected chi connectivity index (χ0v) is 15.7. The number of aryl methyl sites for hydroxylation is 1. The third kappa shape index (κ3) is 3.73. The average Bonchev–Trinajstić information content (AvgIpc) is 3.29. The lowest BCUT2D eigenvalue weighted by molar-refractivity contribution is -0.114. The Morgan fingerprint density at radius 2 is 2.31 bits per heavy atom. The zero-order valence-electron chi connectivity index (χ0n) is 14.8. The van der Waals surface area contributed by atoms with Crippen LogP contribution in [0.3, 0.4) is 0 Å². The molecule has 1 fully saturated rings. The smallest absolute Gasteiger partial charge is 0.252 e. The van der Waals surface area contributed by atoms with Gasteiger partial charge in [-0.15, -0.1) is 11.3 Å². The van der Waals surface area contributed by atoms with Gasteiger partial charge in [0.25, 0.3) is 5.78 Å². The number of hydrogen-bond donors (Lipinski definition) is 1. The zero-order chi connectivity index (χ0) is 18.1. The van der Waals surface area contributed by atoms with Gasteiger partial charge in [0.05, 0.1) is 0 Å². The molecule has 136 valence electrons. The standard InChI is InChI=1S/C17H21N7OS/c1-11-5-14(24-16(21-11)19-10-20-24)6-13-3-4-23(8-13)9-15-7-18-17(26-15)22-12(2)25/h5,7,10,13H,3-4,6,8-9H2,1-2H3,(H,18,22,25). The van der Waals surface area contributed by atoms with Crippen molar-refractivity contribution in [2.75, 3.05) is 18.4 Å². The first kappa shape index (κ1) is 17.0. The third-order valence-corrected chi connectivity index (χ3v) is 5.43. The molecular weight excluding hydrogens is 350 g/mol. The summed E-state index contributed by atoms with van der Waals surface area (Å²) in [5.74, 6) is 1.18. The molecule has 1 N–H and O–H groups in total. The lowest BCUT2D eigenvalue weighted by Crippen LogP contribution is -2.20. The van der Waals surface area contributed by atoms with Crippen molar-refractivity contribution in [1.29, 1.82) is 0 Å². The van der Waals surface area contributed by atoms with Crippen LogP contribution in [0.5, 0.6) is 0 Å². The van der Waals surface area contributed by atoms with Crippen molar-refractivity contribution in [3.63, 3.8) is 0 Å². The Morgan fingerprint density at radius 1 is 1.42 bits per heavy atom. The van der Waals surface area contributed by atoms with E-state index in [1.54, 1.807) is 17.7 Å². The van der Waals surface area contributed by atoms with Crippen LogP contribution in [-0.4, -0.2) is 48.5 Å². The van der Waals surface area contributed by atoms with Crippen LogP contribution >= 0.6 is 11.3 Å². The van der Waals surface area contributed by atoms with Crippen molar-refractivity contribution in [2.24, 2.45) is 5.92 Å². The fraction of sp³-hybridized carbons (Fsp3) is 0.471. The van der Waals surface area contributed by atoms with Crippen molar-refractivity contribution < 1.29 is 4.79 Å². The van der Waals surface area contributed by atoms with Crippen molar-refractivity contribution in [2.45, 2.75) is 33.2 Å². The van der Waals surface area contributed by atoms with E-state index in [4.69, 9.17) is 0 Å². The van der Waals surface area contributed by atoms with E-state index in [1.165, 1.54) is 17.5 Å². The maximum absolute atomic E-state index is 11.1. The van der Waals surface area contributed by atoms with Crippen molar-refractivity contribution in [3.05, 3.63) is 34.9 Å². The first-order valence-electron chi connectivity index (χ1n) is 8.68. The molecule has 1 unspecified atom stereocenters. The third-order valence-electron chi connectivity index (χ3n) is 4.54. The van der Waals surface area contributed by atoms with E-state index < -0.39 is 0 Å². The van der Waals surface area contributed by atoms with E-state index in [-0.39, 0.29) is 5.91 Å². The highest BCUT2D eigenvalue weighted by atomic mass is 32.1. The molecule has 1 aliphatic heterocycles. The average molecular weight is 371 g/mol. The number of nitrogens with zero attached hydrogens (tertiary/aromatic N) is 6. The van der Waals surface area contributed by atoms with E-state index in [9.17, 15) is 4.79 Å². The number of hydrogen-bond acceptors (Lipinski definition) is 7. The summed E-state index contributed by atoms with van der Waals surface area (Å²) in [7, 11) is 0. The Labute approximate surface area is 155 Å². The minimum atomic E-state index is -0.0841. The Morgan fingerprint density at radius 3 is 3.15 bits per heavy atom. The topological polar surface area (TPSA) is 88.3 Å². The number of carbonyl (C=O) groups is 1. The minimum absolute atomic E-state index is 0.0841. The van der Waals surface area contributed by atoms with Gasteiger partial charge in [-0.05, 0) is 38.3 Å². The van der Waals surface area contributed by atoms with Gasteiger partial charge in [0, 0.05) is 42.5 Å². The summed E-state index contributed by atoms with van der Waals surface area (Å²) in [6, 6.07) is 2.10. The van der Waals surface area contributed by atoms with E-state index in [1.807, 2.05) is 17.6 Å². The summed E-state index contributed by atoms with van der Waals surface area (Å²) in [5, 5.41) is 7.71. The van der Waals surface area contributed by atoms with Gasteiger partial charge in [0.1, 0.15) is 6.33 Å². The van der Waals surface area contributed by atoms with E-state index in [0.717, 1.165) is 38.2 Å². The number of nitrogens with one attached hydrogen (secondary N) is 1. The molecule has 0 bridgehead atoms. The van der Waals surface area contributed by atoms with Crippen LogP contribution in [0.15, 0.2) is 18.6 Å². The molecule has 0 aliphatic carbocycles. The molecule has 0 spiro atoms. The molecule has 1 amide bonds. The molecule has 1 saturated heterocycles. The summed E-state index contributed by atoms with van der Waals surface area (Å²) in [6.45, 7) is 6.49. The fourth-order valence-corrected chi connectivity index (χ4v) is 4.38. The number of fused-ring (bicyclic) bond motifs is 1. The Hall–Kier alpha value is -2.39. The first-order chi connectivity index (χ1) is 12.6. The fourth-order valence-electron chi connectivity index (χ4n) is 3.48. The molecule has 26 heavy (non-hydrogen) atoms. The molecule has 3 aromatic rings. The van der Waals surface area contributed by atoms with Gasteiger partial charge in [-0.25, -0.2) is 14.5 Å². The van der Waals surface area contributed by atoms with Crippen LogP contribution in [0.25, 0.3) is 5.78 Å². The number of aromatic nitrogens is 5. The Bertz CT molecular complexity index is 934. The summed E-state index contributed by atoms with van der Waals surface area (Å²) in [6.07, 6.45) is 5.55. The van der Waals surface area contributed by atoms with Crippen LogP contribution in [0.4, 0.5) is 5.13 Å². The SMILES string of the molecule is CC(=O)Nc1ncc(CN2CCC(Cc3cc(C)nc4ncnn34)C2)s1. The number of carbonyl (C=O) groups excluding carboxylic acids is 1. The molecule has 4 heterocycles. The number of thiazole rings is 1. The molecule has 4 rings (SSSR count). The van der Waals surface area contributed by atoms with Gasteiger partial charge in [0.15, 0.2) is 5.13 Å². The number of rotatable bonds is 5. The normalized spacial score (nSPS) is 17.8. The molecule has 9 heteroatoms. The highest BCUT2D eigenvalue weighted by Crippen LogP contribution is 2.25. The van der Waals surface area contributed by atoms with Crippen LogP contribution in [0.2, 0.25) is 0 Å². The van der Waals surface area contributed by atoms with Crippen molar-refractivity contribution in [3.8, 4) is 0 Å². The van der Waals surface area contributed by atoms with Gasteiger partial charge in [0.2, 0.25) is 5.91 Å². The van der Waals surface area contributed by atoms with Gasteiger partial charge >= 0.3 is 0 Å². The second kappa shape index (κ2) is 7.08. The molecule has 0 radical (unpaired) electrons. The van der Waals surface area contributed by atoms with Crippen LogP contribution < -0.4 is 5.32 Å². The highest BCUT2D eigenvalue weighted by Gasteiger charge is 2.24. The quantitative estimate of drug-likeness (QED) is 0.737. The number of anilines is 1. The molecular formula is C17H21N7OS. The van der Waals surface area contributed by atoms with Crippen LogP contribution in [0.1, 0.15) is 29.6 Å². The summed E-state index contributed by atoms with van der Waals surface area (Å²) < 4.78 is 1.85. The van der Waals surface area contributed by atoms with Crippen LogP contribution in [-0.2, 0) is 17.8 Å². The monoisotopic (exact) mass is 371 g/mol. The Kier molecular flexibility index (Phi) is 4.64. The van der Waals surface area contributed by atoms with Gasteiger partial charge in [-0.1, -0.05) is 0 Å². The molecule has 1 aliphatic rings. The van der Waals surface area contributed by atoms with E-state index in [0.29, 0.717) is 16.8 Å². The first-order valence-corrected chi connectivity index (χ1v) is 9.49. The lowest BCUT2D eigenvalue weighted by Gasteiger charge is -2.15. The maximum atomic E-state index is 11.1. The van der Waals surface area contributed by atoms with Crippen molar-refractivity contribution in [1.82, 2.24) is 29.5 Å². The second-order valence-corrected chi connectivity index (χ2v) is 7.88. The molecule has 0 saturated carbocycles. The van der Waals surface area contributed by atoms with Gasteiger partial charge in [-0.3, -0.25) is 9.69 Å². The van der Waals surface area contributed by atoms with Gasteiger partial charge < -0.3 is 5.32 Å². The molecule has 1 atom stereocenters. The highest BCUT2D eigenvalue weighted by molar-refractivity contribution is 7.15. The van der Waals surface area contributed by atoms with Gasteiger partial charge in [-0.2, -0.15) is 10.1 Å². The summed E-state index contributed by atoms with van der Waals surface area (Å²) >= 11 is 1.54. The molecule has 3 aromatic heterocycles. The maximum Gasteiger partial charge on any atom is 0.252 e. The predicted octanol–water partition coefficient (Wildman–Crippen LogP) is 1.91. The number of amides is 1. The largest absolute Gasteiger partial charge is 0.302 e. The lowest BCUT2D eigenvalue weighted by atomic mass is 10.0. The molecule has 0 aromatic carbocycles. The van der Waals surface area contributed by atoms with E-state index in [2.05, 4.69) is 36.3 Å². The second-order valence-electron chi connectivity index (χ2n) is 6.77. The van der Waals surface area contributed by atoms with E-state index >= 15 is 0 Å².